The van der Waals surface area contributed by atoms with Crippen LogP contribution in [-0.4, -0.2) is 34.3 Å². The van der Waals surface area contributed by atoms with Gasteiger partial charge in [0.25, 0.3) is 0 Å². The molecule has 1 unspecified atom stereocenters. The van der Waals surface area contributed by atoms with E-state index >= 15 is 0 Å². The summed E-state index contributed by atoms with van der Waals surface area (Å²) in [5, 5.41) is 18.1. The lowest BCUT2D eigenvalue weighted by Gasteiger charge is -2.12. The Labute approximate surface area is 103 Å². The molecule has 0 fully saturated rings. The highest BCUT2D eigenvalue weighted by atomic mass is 32.2. The number of carbonyl (C=O) groups is 1. The van der Waals surface area contributed by atoms with Crippen LogP contribution in [0.2, 0.25) is 0 Å². The van der Waals surface area contributed by atoms with Gasteiger partial charge in [0.15, 0.2) is 0 Å². The molecule has 16 heavy (non-hydrogen) atoms. The number of carboxylic acid groups (broad SMARTS) is 1. The molecule has 1 aromatic carbocycles. The van der Waals surface area contributed by atoms with E-state index in [9.17, 15) is 9.90 Å². The Morgan fingerprint density at radius 1 is 1.44 bits per heavy atom. The Morgan fingerprint density at radius 2 is 2.06 bits per heavy atom. The quantitative estimate of drug-likeness (QED) is 0.795. The highest BCUT2D eigenvalue weighted by Gasteiger charge is 2.16. The van der Waals surface area contributed by atoms with E-state index in [1.807, 2.05) is 19.2 Å². The van der Waals surface area contributed by atoms with Crippen LogP contribution in [0.3, 0.4) is 0 Å². The van der Waals surface area contributed by atoms with E-state index in [-0.39, 0.29) is 11.9 Å². The van der Waals surface area contributed by atoms with Gasteiger partial charge in [-0.3, -0.25) is 0 Å². The van der Waals surface area contributed by atoms with Gasteiger partial charge in [0.1, 0.15) is 0 Å². The van der Waals surface area contributed by atoms with Crippen LogP contribution in [0, 0.1) is 0 Å². The maximum absolute atomic E-state index is 11.2. The zero-order valence-electron chi connectivity index (χ0n) is 9.14. The van der Waals surface area contributed by atoms with Gasteiger partial charge in [-0.25, -0.2) is 4.79 Å². The molecule has 1 atom stereocenters. The van der Waals surface area contributed by atoms with Crippen LogP contribution in [0.1, 0.15) is 17.3 Å². The number of aliphatic hydroxyl groups is 1. The highest BCUT2D eigenvalue weighted by molar-refractivity contribution is 8.00. The Balaban J connectivity index is 3.12. The van der Waals surface area contributed by atoms with Crippen molar-refractivity contribution in [3.63, 3.8) is 0 Å². The van der Waals surface area contributed by atoms with Crippen LogP contribution in [0.4, 0.5) is 0 Å². The predicted octanol–water partition coefficient (Wildman–Crippen LogP) is 2.58. The average Bonchev–Trinajstić information content (AvgIpc) is 2.28. The molecule has 0 amide bonds. The number of carboxylic acids is 1. The molecule has 0 radical (unpaired) electrons. The van der Waals surface area contributed by atoms with Gasteiger partial charge >= 0.3 is 5.97 Å². The van der Waals surface area contributed by atoms with Crippen molar-refractivity contribution >= 4 is 29.5 Å². The van der Waals surface area contributed by atoms with Crippen molar-refractivity contribution in [1.82, 2.24) is 0 Å². The van der Waals surface area contributed by atoms with Crippen molar-refractivity contribution < 1.29 is 15.0 Å². The Kier molecular flexibility index (Phi) is 5.18. The van der Waals surface area contributed by atoms with Crippen LogP contribution in [0.15, 0.2) is 28.0 Å². The molecule has 5 heteroatoms. The number of aliphatic hydroxyl groups excluding tert-OH is 1. The molecular formula is C11H14O3S2. The normalized spacial score (nSPS) is 12.4. The maximum Gasteiger partial charge on any atom is 0.337 e. The van der Waals surface area contributed by atoms with Gasteiger partial charge in [-0.15, -0.1) is 23.5 Å². The van der Waals surface area contributed by atoms with Crippen LogP contribution in [0.25, 0.3) is 0 Å². The lowest BCUT2D eigenvalue weighted by Crippen LogP contribution is -2.06. The molecule has 0 aliphatic heterocycles. The molecule has 0 heterocycles. The van der Waals surface area contributed by atoms with Crippen molar-refractivity contribution in [3.05, 3.63) is 23.8 Å². The maximum atomic E-state index is 11.2. The molecule has 0 aromatic heterocycles. The van der Waals surface area contributed by atoms with E-state index in [1.165, 1.54) is 23.5 Å². The Bertz CT molecular complexity index is 379. The summed E-state index contributed by atoms with van der Waals surface area (Å²) in [5.74, 6) is -0.919. The molecule has 88 valence electrons. The SMILES string of the molecule is CSc1cccc(SC(C)CO)c1C(=O)O. The molecule has 1 aromatic rings. The van der Waals surface area contributed by atoms with Gasteiger partial charge in [-0.05, 0) is 18.4 Å². The standard InChI is InChI=1S/C11H14O3S2/c1-7(6-12)16-9-5-3-4-8(15-2)10(9)11(13)14/h3-5,7,12H,6H2,1-2H3,(H,13,14). The minimum atomic E-state index is -0.919. The summed E-state index contributed by atoms with van der Waals surface area (Å²) in [7, 11) is 0. The summed E-state index contributed by atoms with van der Waals surface area (Å²) in [6.07, 6.45) is 1.85. The van der Waals surface area contributed by atoms with Crippen LogP contribution >= 0.6 is 23.5 Å². The van der Waals surface area contributed by atoms with E-state index in [0.717, 1.165) is 4.90 Å². The molecule has 0 aliphatic rings. The number of hydrogen-bond donors (Lipinski definition) is 2. The predicted molar refractivity (Wildman–Crippen MR) is 67.6 cm³/mol. The smallest absolute Gasteiger partial charge is 0.337 e. The summed E-state index contributed by atoms with van der Waals surface area (Å²) in [4.78, 5) is 12.6. The molecule has 1 rings (SSSR count). The fraction of sp³-hybridized carbons (Fsp3) is 0.364. The average molecular weight is 258 g/mol. The van der Waals surface area contributed by atoms with Gasteiger partial charge in [-0.1, -0.05) is 13.0 Å². The number of thioether (sulfide) groups is 2. The zero-order chi connectivity index (χ0) is 12.1. The molecule has 0 aliphatic carbocycles. The van der Waals surface area contributed by atoms with E-state index in [0.29, 0.717) is 10.5 Å². The summed E-state index contributed by atoms with van der Waals surface area (Å²) in [5.41, 5.74) is 0.334. The van der Waals surface area contributed by atoms with Crippen molar-refractivity contribution in [2.45, 2.75) is 22.0 Å². The molecule has 0 saturated heterocycles. The fourth-order valence-electron chi connectivity index (χ4n) is 1.24. The first kappa shape index (κ1) is 13.4. The van der Waals surface area contributed by atoms with Crippen molar-refractivity contribution in [2.75, 3.05) is 12.9 Å². The molecule has 3 nitrogen and oxygen atoms in total. The third-order valence-corrected chi connectivity index (χ3v) is 3.93. The van der Waals surface area contributed by atoms with Crippen molar-refractivity contribution in [1.29, 1.82) is 0 Å². The largest absolute Gasteiger partial charge is 0.478 e. The van der Waals surface area contributed by atoms with Gasteiger partial charge in [-0.2, -0.15) is 0 Å². The number of benzene rings is 1. The first-order chi connectivity index (χ1) is 7.60. The Morgan fingerprint density at radius 3 is 2.56 bits per heavy atom. The fourth-order valence-corrected chi connectivity index (χ4v) is 2.91. The second-order valence-corrected chi connectivity index (χ2v) is 5.58. The van der Waals surface area contributed by atoms with Gasteiger partial charge < -0.3 is 10.2 Å². The number of aromatic carboxylic acids is 1. The minimum absolute atomic E-state index is 0.00444. The third kappa shape index (κ3) is 3.17. The summed E-state index contributed by atoms with van der Waals surface area (Å²) in [6.45, 7) is 1.90. The van der Waals surface area contributed by atoms with E-state index < -0.39 is 5.97 Å². The topological polar surface area (TPSA) is 57.5 Å². The minimum Gasteiger partial charge on any atom is -0.478 e. The lowest BCUT2D eigenvalue weighted by molar-refractivity contribution is 0.0689. The Hall–Kier alpha value is -0.650. The monoisotopic (exact) mass is 258 g/mol. The van der Waals surface area contributed by atoms with E-state index in [1.54, 1.807) is 12.1 Å². The second-order valence-electron chi connectivity index (χ2n) is 3.25. The van der Waals surface area contributed by atoms with Crippen LogP contribution in [0.5, 0.6) is 0 Å². The van der Waals surface area contributed by atoms with Gasteiger partial charge in [0, 0.05) is 15.0 Å². The summed E-state index contributed by atoms with van der Waals surface area (Å²) < 4.78 is 0. The first-order valence-electron chi connectivity index (χ1n) is 4.78. The van der Waals surface area contributed by atoms with Crippen molar-refractivity contribution in [2.24, 2.45) is 0 Å². The molecule has 2 N–H and O–H groups in total. The number of hydrogen-bond acceptors (Lipinski definition) is 4. The first-order valence-corrected chi connectivity index (χ1v) is 6.88. The molecule has 0 saturated carbocycles. The van der Waals surface area contributed by atoms with E-state index in [2.05, 4.69) is 0 Å². The highest BCUT2D eigenvalue weighted by Crippen LogP contribution is 2.32. The second kappa shape index (κ2) is 6.18. The van der Waals surface area contributed by atoms with Crippen molar-refractivity contribution in [3.8, 4) is 0 Å². The van der Waals surface area contributed by atoms with Gasteiger partial charge in [0.2, 0.25) is 0 Å². The summed E-state index contributed by atoms with van der Waals surface area (Å²) >= 11 is 2.80. The molecule has 0 bridgehead atoms. The van der Waals surface area contributed by atoms with Crippen LogP contribution < -0.4 is 0 Å². The number of rotatable bonds is 5. The summed E-state index contributed by atoms with van der Waals surface area (Å²) in [6, 6.07) is 5.41. The van der Waals surface area contributed by atoms with Gasteiger partial charge in [0.05, 0.1) is 12.2 Å². The molecule has 0 spiro atoms. The third-order valence-electron chi connectivity index (χ3n) is 2.01. The molecular weight excluding hydrogens is 244 g/mol. The van der Waals surface area contributed by atoms with Crippen LogP contribution in [-0.2, 0) is 0 Å². The lowest BCUT2D eigenvalue weighted by atomic mass is 10.2. The van der Waals surface area contributed by atoms with E-state index in [4.69, 9.17) is 5.11 Å². The zero-order valence-corrected chi connectivity index (χ0v) is 10.8.